The monoisotopic (exact) mass is 357 g/mol. The SMILES string of the molecule is CN=C(NCCNc1ncc(Cl)cc1Cl)NC1CC2CCC1O2. The van der Waals surface area contributed by atoms with Crippen LogP contribution in [0.25, 0.3) is 0 Å². The number of anilines is 1. The highest BCUT2D eigenvalue weighted by Crippen LogP contribution is 2.34. The van der Waals surface area contributed by atoms with E-state index in [4.69, 9.17) is 27.9 Å². The Morgan fingerprint density at radius 1 is 1.39 bits per heavy atom. The Bertz CT molecular complexity index is 583. The molecule has 1 aromatic heterocycles. The van der Waals surface area contributed by atoms with Crippen LogP contribution in [0.4, 0.5) is 5.82 Å². The Labute approximate surface area is 146 Å². The molecule has 0 aliphatic carbocycles. The number of hydrogen-bond acceptors (Lipinski definition) is 4. The zero-order valence-corrected chi connectivity index (χ0v) is 14.5. The van der Waals surface area contributed by atoms with Crippen LogP contribution in [-0.2, 0) is 4.74 Å². The van der Waals surface area contributed by atoms with Crippen molar-refractivity contribution < 1.29 is 4.74 Å². The standard InChI is InChI=1S/C15H21Cl2N5O/c1-18-15(22-12-7-10-2-3-13(12)23-10)20-5-4-19-14-11(17)6-9(16)8-21-14/h6,8,10,12-13H,2-5,7H2,1H3,(H,19,21)(H2,18,20,22). The molecule has 2 saturated heterocycles. The first-order valence-corrected chi connectivity index (χ1v) is 8.59. The summed E-state index contributed by atoms with van der Waals surface area (Å²) in [4.78, 5) is 8.42. The Balaban J connectivity index is 1.40. The van der Waals surface area contributed by atoms with Crippen LogP contribution in [0.2, 0.25) is 10.0 Å². The number of aromatic nitrogens is 1. The largest absolute Gasteiger partial charge is 0.373 e. The van der Waals surface area contributed by atoms with Gasteiger partial charge in [-0.1, -0.05) is 23.2 Å². The van der Waals surface area contributed by atoms with Gasteiger partial charge in [0.15, 0.2) is 5.96 Å². The normalized spacial score (nSPS) is 26.4. The van der Waals surface area contributed by atoms with Gasteiger partial charge in [-0.25, -0.2) is 4.98 Å². The number of halogens is 2. The van der Waals surface area contributed by atoms with Crippen molar-refractivity contribution in [3.63, 3.8) is 0 Å². The summed E-state index contributed by atoms with van der Waals surface area (Å²) in [5, 5.41) is 10.9. The second-order valence-corrected chi connectivity index (χ2v) is 6.61. The summed E-state index contributed by atoms with van der Waals surface area (Å²) < 4.78 is 5.85. The molecule has 2 bridgehead atoms. The Hall–Kier alpha value is -1.24. The quantitative estimate of drug-likeness (QED) is 0.428. The van der Waals surface area contributed by atoms with E-state index in [-0.39, 0.29) is 0 Å². The first-order chi connectivity index (χ1) is 11.2. The maximum Gasteiger partial charge on any atom is 0.191 e. The molecular formula is C15H21Cl2N5O. The Kier molecular flexibility index (Phi) is 5.46. The van der Waals surface area contributed by atoms with E-state index >= 15 is 0 Å². The molecule has 0 saturated carbocycles. The summed E-state index contributed by atoms with van der Waals surface area (Å²) >= 11 is 11.9. The van der Waals surface area contributed by atoms with Gasteiger partial charge in [-0.2, -0.15) is 0 Å². The second kappa shape index (κ2) is 7.55. The molecule has 0 amide bonds. The van der Waals surface area contributed by atoms with Crippen molar-refractivity contribution in [3.8, 4) is 0 Å². The number of nitrogens with zero attached hydrogens (tertiary/aromatic N) is 2. The van der Waals surface area contributed by atoms with Crippen molar-refractivity contribution in [2.45, 2.75) is 37.5 Å². The summed E-state index contributed by atoms with van der Waals surface area (Å²) in [6, 6.07) is 2.03. The number of hydrogen-bond donors (Lipinski definition) is 3. The minimum Gasteiger partial charge on any atom is -0.373 e. The molecule has 2 aliphatic heterocycles. The number of rotatable bonds is 5. The smallest absolute Gasteiger partial charge is 0.191 e. The molecule has 2 aliphatic rings. The zero-order valence-electron chi connectivity index (χ0n) is 13.0. The second-order valence-electron chi connectivity index (χ2n) is 5.77. The van der Waals surface area contributed by atoms with Gasteiger partial charge in [0.25, 0.3) is 0 Å². The van der Waals surface area contributed by atoms with Crippen molar-refractivity contribution in [3.05, 3.63) is 22.3 Å². The van der Waals surface area contributed by atoms with Gasteiger partial charge < -0.3 is 20.7 Å². The number of aliphatic imine (C=N–C) groups is 1. The van der Waals surface area contributed by atoms with E-state index < -0.39 is 0 Å². The third-order valence-corrected chi connectivity index (χ3v) is 4.66. The van der Waals surface area contributed by atoms with Crippen LogP contribution >= 0.6 is 23.2 Å². The van der Waals surface area contributed by atoms with Crippen LogP contribution in [-0.4, -0.2) is 49.3 Å². The lowest BCUT2D eigenvalue weighted by atomic mass is 9.96. The van der Waals surface area contributed by atoms with Crippen molar-refractivity contribution in [1.29, 1.82) is 0 Å². The number of nitrogens with one attached hydrogen (secondary N) is 3. The number of guanidine groups is 1. The van der Waals surface area contributed by atoms with Gasteiger partial charge in [0.2, 0.25) is 0 Å². The minimum absolute atomic E-state index is 0.328. The van der Waals surface area contributed by atoms with Crippen molar-refractivity contribution >= 4 is 35.0 Å². The first-order valence-electron chi connectivity index (χ1n) is 7.83. The highest BCUT2D eigenvalue weighted by molar-refractivity contribution is 6.35. The lowest BCUT2D eigenvalue weighted by Crippen LogP contribution is -2.48. The average molecular weight is 358 g/mol. The molecule has 2 fully saturated rings. The third-order valence-electron chi connectivity index (χ3n) is 4.17. The predicted octanol–water partition coefficient (Wildman–Crippen LogP) is 2.29. The molecule has 3 atom stereocenters. The molecule has 0 radical (unpaired) electrons. The Morgan fingerprint density at radius 2 is 2.26 bits per heavy atom. The van der Waals surface area contributed by atoms with Crippen molar-refractivity contribution in [2.75, 3.05) is 25.5 Å². The molecule has 6 nitrogen and oxygen atoms in total. The first kappa shape index (κ1) is 16.6. The average Bonchev–Trinajstić information content (AvgIpc) is 3.14. The predicted molar refractivity (Wildman–Crippen MR) is 93.5 cm³/mol. The van der Waals surface area contributed by atoms with Crippen LogP contribution in [0, 0.1) is 0 Å². The van der Waals surface area contributed by atoms with E-state index in [0.717, 1.165) is 18.8 Å². The Morgan fingerprint density at radius 3 is 2.91 bits per heavy atom. The number of pyridine rings is 1. The van der Waals surface area contributed by atoms with Crippen LogP contribution in [0.3, 0.4) is 0 Å². The van der Waals surface area contributed by atoms with Crippen LogP contribution in [0.1, 0.15) is 19.3 Å². The van der Waals surface area contributed by atoms with E-state index in [2.05, 4.69) is 25.9 Å². The summed E-state index contributed by atoms with van der Waals surface area (Å²) in [5.41, 5.74) is 0. The number of fused-ring (bicyclic) bond motifs is 2. The van der Waals surface area contributed by atoms with Gasteiger partial charge in [0.05, 0.1) is 28.3 Å². The van der Waals surface area contributed by atoms with Crippen LogP contribution in [0.5, 0.6) is 0 Å². The van der Waals surface area contributed by atoms with Crippen LogP contribution in [0.15, 0.2) is 17.3 Å². The summed E-state index contributed by atoms with van der Waals surface area (Å²) in [6.45, 7) is 1.37. The molecule has 3 rings (SSSR count). The van der Waals surface area contributed by atoms with E-state index in [1.165, 1.54) is 6.42 Å². The van der Waals surface area contributed by atoms with Crippen molar-refractivity contribution in [1.82, 2.24) is 15.6 Å². The summed E-state index contributed by atoms with van der Waals surface area (Å²) in [6.07, 6.45) is 5.71. The van der Waals surface area contributed by atoms with E-state index in [1.54, 1.807) is 19.3 Å². The lowest BCUT2D eigenvalue weighted by molar-refractivity contribution is 0.0992. The van der Waals surface area contributed by atoms with E-state index in [9.17, 15) is 0 Å². The molecule has 3 N–H and O–H groups in total. The van der Waals surface area contributed by atoms with Crippen molar-refractivity contribution in [2.24, 2.45) is 4.99 Å². The van der Waals surface area contributed by atoms with Gasteiger partial charge in [-0.15, -0.1) is 0 Å². The topological polar surface area (TPSA) is 70.6 Å². The molecule has 23 heavy (non-hydrogen) atoms. The van der Waals surface area contributed by atoms with Crippen LogP contribution < -0.4 is 16.0 Å². The van der Waals surface area contributed by atoms with E-state index in [1.807, 2.05) is 0 Å². The molecule has 3 unspecified atom stereocenters. The lowest BCUT2D eigenvalue weighted by Gasteiger charge is -2.22. The third kappa shape index (κ3) is 4.19. The van der Waals surface area contributed by atoms with Gasteiger partial charge in [-0.3, -0.25) is 4.99 Å². The maximum atomic E-state index is 6.07. The van der Waals surface area contributed by atoms with Gasteiger partial charge >= 0.3 is 0 Å². The van der Waals surface area contributed by atoms with E-state index in [0.29, 0.717) is 47.2 Å². The molecular weight excluding hydrogens is 337 g/mol. The fourth-order valence-corrected chi connectivity index (χ4v) is 3.51. The fourth-order valence-electron chi connectivity index (χ4n) is 3.07. The molecule has 0 aromatic carbocycles. The molecule has 8 heteroatoms. The molecule has 1 aromatic rings. The van der Waals surface area contributed by atoms with Gasteiger partial charge in [0, 0.05) is 26.3 Å². The summed E-state index contributed by atoms with van der Waals surface area (Å²) in [5.74, 6) is 1.42. The van der Waals surface area contributed by atoms with Gasteiger partial charge in [0.1, 0.15) is 5.82 Å². The zero-order chi connectivity index (χ0) is 16.2. The highest BCUT2D eigenvalue weighted by atomic mass is 35.5. The maximum absolute atomic E-state index is 6.07. The molecule has 3 heterocycles. The molecule has 0 spiro atoms. The number of ether oxygens (including phenoxy) is 1. The highest BCUT2D eigenvalue weighted by Gasteiger charge is 2.41. The van der Waals surface area contributed by atoms with Gasteiger partial charge in [-0.05, 0) is 25.3 Å². The molecule has 126 valence electrons. The summed E-state index contributed by atoms with van der Waals surface area (Å²) in [7, 11) is 1.77. The minimum atomic E-state index is 0.328. The fraction of sp³-hybridized carbons (Fsp3) is 0.600.